The molecule has 14 heavy (non-hydrogen) atoms. The summed E-state index contributed by atoms with van der Waals surface area (Å²) in [7, 11) is 0. The van der Waals surface area contributed by atoms with Gasteiger partial charge in [-0.3, -0.25) is 0 Å². The first-order valence-electron chi connectivity index (χ1n) is 3.85. The molecule has 78 valence electrons. The second-order valence-electron chi connectivity index (χ2n) is 3.26. The van der Waals surface area contributed by atoms with Gasteiger partial charge in [-0.1, -0.05) is 78.3 Å². The predicted octanol–water partition coefficient (Wildman–Crippen LogP) is 5.15. The SMILES string of the molecule is ClC1=C(Cl)[C@@H]2[C@H](Br)[C@H](Br)[C@@H]2C(Cl)=C1Cl. The highest BCUT2D eigenvalue weighted by Crippen LogP contribution is 2.59. The van der Waals surface area contributed by atoms with Crippen LogP contribution in [-0.2, 0) is 0 Å². The second-order valence-corrected chi connectivity index (χ2v) is 6.95. The van der Waals surface area contributed by atoms with E-state index >= 15 is 0 Å². The first kappa shape index (κ1) is 12.1. The Morgan fingerprint density at radius 2 is 1.00 bits per heavy atom. The Labute approximate surface area is 119 Å². The van der Waals surface area contributed by atoms with Crippen molar-refractivity contribution < 1.29 is 0 Å². The number of fused-ring (bicyclic) bond motifs is 1. The number of halogens is 6. The highest BCUT2D eigenvalue weighted by atomic mass is 79.9. The van der Waals surface area contributed by atoms with Crippen LogP contribution >= 0.6 is 78.3 Å². The van der Waals surface area contributed by atoms with E-state index in [0.29, 0.717) is 20.1 Å². The summed E-state index contributed by atoms with van der Waals surface area (Å²) < 4.78 is 0. The maximum absolute atomic E-state index is 6.10. The summed E-state index contributed by atoms with van der Waals surface area (Å²) in [6.07, 6.45) is 0. The van der Waals surface area contributed by atoms with Crippen LogP contribution < -0.4 is 0 Å². The summed E-state index contributed by atoms with van der Waals surface area (Å²) >= 11 is 31.2. The lowest BCUT2D eigenvalue weighted by Crippen LogP contribution is -2.50. The van der Waals surface area contributed by atoms with Crippen LogP contribution in [0.2, 0.25) is 0 Å². The molecule has 2 aliphatic rings. The Morgan fingerprint density at radius 1 is 0.714 bits per heavy atom. The molecule has 0 aromatic heterocycles. The topological polar surface area (TPSA) is 0 Å². The lowest BCUT2D eigenvalue weighted by atomic mass is 9.71. The number of alkyl halides is 2. The van der Waals surface area contributed by atoms with Crippen molar-refractivity contribution in [3.8, 4) is 0 Å². The lowest BCUT2D eigenvalue weighted by Gasteiger charge is -2.48. The van der Waals surface area contributed by atoms with Gasteiger partial charge >= 0.3 is 0 Å². The summed E-state index contributed by atoms with van der Waals surface area (Å²) in [6, 6.07) is 0. The summed E-state index contributed by atoms with van der Waals surface area (Å²) in [6.45, 7) is 0. The van der Waals surface area contributed by atoms with Crippen molar-refractivity contribution in [2.45, 2.75) is 9.65 Å². The molecule has 0 heterocycles. The Balaban J connectivity index is 2.45. The number of hydrogen-bond acceptors (Lipinski definition) is 0. The molecule has 6 heteroatoms. The minimum Gasteiger partial charge on any atom is -0.0871 e. The van der Waals surface area contributed by atoms with Gasteiger partial charge in [0.25, 0.3) is 0 Å². The van der Waals surface area contributed by atoms with E-state index in [4.69, 9.17) is 46.4 Å². The van der Waals surface area contributed by atoms with Gasteiger partial charge in [0.15, 0.2) is 0 Å². The molecule has 4 atom stereocenters. The minimum atomic E-state index is 0.142. The minimum absolute atomic E-state index is 0.142. The molecule has 1 saturated carbocycles. The van der Waals surface area contributed by atoms with Gasteiger partial charge in [-0.05, 0) is 0 Å². The van der Waals surface area contributed by atoms with Crippen molar-refractivity contribution in [3.63, 3.8) is 0 Å². The van der Waals surface area contributed by atoms with Crippen LogP contribution in [0, 0.1) is 11.8 Å². The van der Waals surface area contributed by atoms with Gasteiger partial charge in [0.1, 0.15) is 0 Å². The first-order chi connectivity index (χ1) is 6.46. The first-order valence-corrected chi connectivity index (χ1v) is 7.20. The number of hydrogen-bond donors (Lipinski definition) is 0. The fraction of sp³-hybridized carbons (Fsp3) is 0.500. The molecule has 0 aromatic rings. The van der Waals surface area contributed by atoms with Gasteiger partial charge in [-0.15, -0.1) is 0 Å². The Hall–Kier alpha value is 1.60. The van der Waals surface area contributed by atoms with Crippen LogP contribution in [0.4, 0.5) is 0 Å². The van der Waals surface area contributed by atoms with Gasteiger partial charge < -0.3 is 0 Å². The average molecular weight is 402 g/mol. The fourth-order valence-electron chi connectivity index (χ4n) is 1.74. The Morgan fingerprint density at radius 3 is 1.29 bits per heavy atom. The summed E-state index contributed by atoms with van der Waals surface area (Å²) in [4.78, 5) is 0.513. The van der Waals surface area contributed by atoms with Crippen LogP contribution in [0.1, 0.15) is 0 Å². The molecule has 0 unspecified atom stereocenters. The molecule has 2 aliphatic carbocycles. The van der Waals surface area contributed by atoms with Crippen LogP contribution in [0.25, 0.3) is 0 Å². The third-order valence-electron chi connectivity index (χ3n) is 2.57. The maximum Gasteiger partial charge on any atom is 0.0752 e. The van der Waals surface area contributed by atoms with E-state index in [0.717, 1.165) is 0 Å². The van der Waals surface area contributed by atoms with Gasteiger partial charge in [0.2, 0.25) is 0 Å². The van der Waals surface area contributed by atoms with Gasteiger partial charge in [-0.2, -0.15) is 0 Å². The van der Waals surface area contributed by atoms with Crippen molar-refractivity contribution >= 4 is 78.3 Å². The standard InChI is InChI=1S/C8H4Br2Cl4/c9-3-1-2(4(3)10)6(12)8(14)7(13)5(1)11/h1-4H/t1-,2+,3-,4+. The third-order valence-corrected chi connectivity index (χ3v) is 7.52. The van der Waals surface area contributed by atoms with E-state index in [1.807, 2.05) is 0 Å². The zero-order valence-electron chi connectivity index (χ0n) is 6.58. The molecule has 1 fully saturated rings. The van der Waals surface area contributed by atoms with E-state index in [-0.39, 0.29) is 21.5 Å². The van der Waals surface area contributed by atoms with Crippen molar-refractivity contribution in [2.75, 3.05) is 0 Å². The molecular weight excluding hydrogens is 398 g/mol. The van der Waals surface area contributed by atoms with Crippen LogP contribution in [0.15, 0.2) is 20.1 Å². The smallest absolute Gasteiger partial charge is 0.0752 e. The van der Waals surface area contributed by atoms with E-state index in [9.17, 15) is 0 Å². The summed E-state index contributed by atoms with van der Waals surface area (Å²) in [5.74, 6) is 0.284. The van der Waals surface area contributed by atoms with Crippen molar-refractivity contribution in [1.82, 2.24) is 0 Å². The van der Waals surface area contributed by atoms with Crippen LogP contribution in [-0.4, -0.2) is 9.65 Å². The number of rotatable bonds is 0. The van der Waals surface area contributed by atoms with Crippen LogP contribution in [0.5, 0.6) is 0 Å². The van der Waals surface area contributed by atoms with E-state index in [1.54, 1.807) is 0 Å². The molecule has 2 rings (SSSR count). The van der Waals surface area contributed by atoms with Gasteiger partial charge in [0, 0.05) is 31.6 Å². The molecule has 0 aromatic carbocycles. The average Bonchev–Trinajstić information content (AvgIpc) is 2.18. The molecule has 0 bridgehead atoms. The van der Waals surface area contributed by atoms with E-state index < -0.39 is 0 Å². The lowest BCUT2D eigenvalue weighted by molar-refractivity contribution is 0.309. The summed E-state index contributed by atoms with van der Waals surface area (Å²) in [5, 5.41) is 1.96. The zero-order valence-corrected chi connectivity index (χ0v) is 12.8. The Kier molecular flexibility index (Phi) is 3.55. The molecule has 0 amide bonds. The predicted molar refractivity (Wildman–Crippen MR) is 69.9 cm³/mol. The normalized spacial score (nSPS) is 42.4. The zero-order chi connectivity index (χ0) is 10.6. The highest BCUT2D eigenvalue weighted by molar-refractivity contribution is 9.12. The monoisotopic (exact) mass is 398 g/mol. The molecule has 0 N–H and O–H groups in total. The van der Waals surface area contributed by atoms with Gasteiger partial charge in [0.05, 0.1) is 10.1 Å². The second kappa shape index (κ2) is 4.12. The molecule has 0 nitrogen and oxygen atoms in total. The highest BCUT2D eigenvalue weighted by Gasteiger charge is 2.54. The van der Waals surface area contributed by atoms with Crippen molar-refractivity contribution in [2.24, 2.45) is 11.8 Å². The van der Waals surface area contributed by atoms with E-state index in [1.165, 1.54) is 0 Å². The van der Waals surface area contributed by atoms with Gasteiger partial charge in [-0.25, -0.2) is 0 Å². The summed E-state index contributed by atoms with van der Waals surface area (Å²) in [5.41, 5.74) is 0. The largest absolute Gasteiger partial charge is 0.0871 e. The maximum atomic E-state index is 6.10. The molecule has 0 radical (unpaired) electrons. The molecule has 0 spiro atoms. The third kappa shape index (κ3) is 1.53. The number of allylic oxidation sites excluding steroid dienone is 4. The molecule has 0 saturated heterocycles. The van der Waals surface area contributed by atoms with Crippen molar-refractivity contribution in [3.05, 3.63) is 20.1 Å². The van der Waals surface area contributed by atoms with Crippen molar-refractivity contribution in [1.29, 1.82) is 0 Å². The molecular formula is C8H4Br2Cl4. The fourth-order valence-corrected chi connectivity index (χ4v) is 5.18. The molecule has 0 aliphatic heterocycles. The quantitative estimate of drug-likeness (QED) is 0.492. The van der Waals surface area contributed by atoms with E-state index in [2.05, 4.69) is 31.9 Å². The Bertz CT molecular complexity index is 315. The van der Waals surface area contributed by atoms with Crippen LogP contribution in [0.3, 0.4) is 0 Å².